The number of piperazine rings is 1. The number of carbonyl (C=O) groups is 1. The highest BCUT2D eigenvalue weighted by atomic mass is 19.1. The van der Waals surface area contributed by atoms with Gasteiger partial charge in [-0.3, -0.25) is 4.79 Å². The number of aromatic nitrogens is 2. The Hall–Kier alpha value is -4.23. The van der Waals surface area contributed by atoms with E-state index >= 15 is 4.39 Å². The van der Waals surface area contributed by atoms with Gasteiger partial charge in [0.15, 0.2) is 0 Å². The Balaban J connectivity index is 1.34. The number of fused-ring (bicyclic) bond motifs is 2. The molecular formula is C32H36FN7O2. The number of carbonyl (C=O) groups excluding carboxylic acids is 1. The van der Waals surface area contributed by atoms with Gasteiger partial charge in [-0.1, -0.05) is 30.8 Å². The first kappa shape index (κ1) is 27.9. The summed E-state index contributed by atoms with van der Waals surface area (Å²) >= 11 is 0. The van der Waals surface area contributed by atoms with Crippen LogP contribution >= 0.6 is 0 Å². The number of hydrogen-bond donors (Lipinski definition) is 0. The molecule has 0 saturated carbocycles. The minimum Gasteiger partial charge on any atom is -0.462 e. The predicted octanol–water partition coefficient (Wildman–Crippen LogP) is 3.93. The van der Waals surface area contributed by atoms with E-state index in [1.165, 1.54) is 12.1 Å². The Morgan fingerprint density at radius 3 is 2.74 bits per heavy atom. The van der Waals surface area contributed by atoms with Gasteiger partial charge in [0.2, 0.25) is 12.5 Å². The Morgan fingerprint density at radius 2 is 1.98 bits per heavy atom. The number of likely N-dealkylation sites (tertiary alicyclic amines) is 1. The number of amides is 1. The van der Waals surface area contributed by atoms with Gasteiger partial charge in [0, 0.05) is 48.9 Å². The highest BCUT2D eigenvalue weighted by Crippen LogP contribution is 2.35. The fourth-order valence-electron chi connectivity index (χ4n) is 6.54. The van der Waals surface area contributed by atoms with E-state index < -0.39 is 0 Å². The van der Waals surface area contributed by atoms with Crippen molar-refractivity contribution in [3.05, 3.63) is 77.5 Å². The first-order valence-electron chi connectivity index (χ1n) is 14.6. The molecule has 0 spiro atoms. The molecule has 2 fully saturated rings. The number of hydrogen-bond acceptors (Lipinski definition) is 7. The van der Waals surface area contributed by atoms with E-state index in [-0.39, 0.29) is 24.3 Å². The van der Waals surface area contributed by atoms with Gasteiger partial charge in [0.25, 0.3) is 0 Å². The van der Waals surface area contributed by atoms with Gasteiger partial charge >= 0.3 is 6.01 Å². The van der Waals surface area contributed by atoms with Crippen LogP contribution in [0, 0.1) is 12.4 Å². The molecular weight excluding hydrogens is 533 g/mol. The summed E-state index contributed by atoms with van der Waals surface area (Å²) in [4.78, 5) is 34.4. The Morgan fingerprint density at radius 1 is 1.14 bits per heavy atom. The first-order chi connectivity index (χ1) is 20.5. The van der Waals surface area contributed by atoms with Crippen molar-refractivity contribution >= 4 is 28.2 Å². The average molecular weight is 570 g/mol. The van der Waals surface area contributed by atoms with Crippen molar-refractivity contribution in [2.75, 3.05) is 62.7 Å². The summed E-state index contributed by atoms with van der Waals surface area (Å²) in [6.45, 7) is 15.6. The van der Waals surface area contributed by atoms with Crippen LogP contribution < -0.4 is 14.5 Å². The molecule has 10 heteroatoms. The number of anilines is 2. The molecule has 6 rings (SSSR count). The lowest BCUT2D eigenvalue weighted by molar-refractivity contribution is -0.128. The molecule has 1 aromatic heterocycles. The second-order valence-electron chi connectivity index (χ2n) is 11.3. The molecule has 0 radical (unpaired) electrons. The maximum Gasteiger partial charge on any atom is 0.318 e. The smallest absolute Gasteiger partial charge is 0.318 e. The summed E-state index contributed by atoms with van der Waals surface area (Å²) in [6.07, 6.45) is 4.22. The van der Waals surface area contributed by atoms with Crippen molar-refractivity contribution < 1.29 is 13.9 Å². The van der Waals surface area contributed by atoms with Crippen LogP contribution in [0.4, 0.5) is 15.9 Å². The molecule has 2 atom stereocenters. The van der Waals surface area contributed by atoms with E-state index in [2.05, 4.69) is 33.2 Å². The summed E-state index contributed by atoms with van der Waals surface area (Å²) in [5.74, 6) is 0.412. The maximum absolute atomic E-state index is 15.0. The lowest BCUT2D eigenvalue weighted by Crippen LogP contribution is -2.56. The van der Waals surface area contributed by atoms with E-state index in [1.807, 2.05) is 24.3 Å². The summed E-state index contributed by atoms with van der Waals surface area (Å²) in [5.41, 5.74) is 2.75. The Bertz CT molecular complexity index is 1530. The zero-order chi connectivity index (χ0) is 29.2. The van der Waals surface area contributed by atoms with Crippen LogP contribution in [0.5, 0.6) is 6.01 Å². The Kier molecular flexibility index (Phi) is 7.94. The number of benzene rings is 2. The van der Waals surface area contributed by atoms with Crippen LogP contribution in [0.25, 0.3) is 15.6 Å². The van der Waals surface area contributed by atoms with Crippen molar-refractivity contribution in [3.8, 4) is 6.01 Å². The minimum atomic E-state index is -0.261. The van der Waals surface area contributed by atoms with Crippen LogP contribution in [0.15, 0.2) is 49.1 Å². The molecule has 0 unspecified atom stereocenters. The van der Waals surface area contributed by atoms with Gasteiger partial charge in [0.1, 0.15) is 24.3 Å². The molecule has 9 nitrogen and oxygen atoms in total. The number of rotatable bonds is 7. The standard InChI is InChI=1S/C32H36FN7O2/c1-4-29(41)40-17-16-39(19-24(40)18-34-2)31-25-13-15-38(28-12-6-9-22-8-5-11-26(33)30(22)28)20-27(25)35-32(36-31)42-21-23-10-7-14-37(23)3/h4-6,8-9,11-12,23-24H,1,7,10,13-21H2,3H3/t23-,24-/m0/s1. The highest BCUT2D eigenvalue weighted by Gasteiger charge is 2.35. The second kappa shape index (κ2) is 11.9. The third kappa shape index (κ3) is 5.37. The number of likely N-dealkylation sites (N-methyl/N-ethyl adjacent to an activating group) is 1. The van der Waals surface area contributed by atoms with Gasteiger partial charge < -0.3 is 29.2 Å². The van der Waals surface area contributed by atoms with E-state index in [4.69, 9.17) is 21.3 Å². The summed E-state index contributed by atoms with van der Waals surface area (Å²) in [5, 5.41) is 1.48. The molecule has 1 amide bonds. The molecule has 0 N–H and O–H groups in total. The minimum absolute atomic E-state index is 0.157. The first-order valence-corrected chi connectivity index (χ1v) is 14.6. The molecule has 3 aliphatic heterocycles. The van der Waals surface area contributed by atoms with Crippen molar-refractivity contribution in [2.45, 2.75) is 37.9 Å². The largest absolute Gasteiger partial charge is 0.462 e. The van der Waals surface area contributed by atoms with Gasteiger partial charge in [-0.05, 0) is 56.4 Å². The fourth-order valence-corrected chi connectivity index (χ4v) is 6.54. The van der Waals surface area contributed by atoms with Crippen molar-refractivity contribution in [1.82, 2.24) is 19.8 Å². The fraction of sp³-hybridized carbons (Fsp3) is 0.438. The highest BCUT2D eigenvalue weighted by molar-refractivity contribution is 5.95. The van der Waals surface area contributed by atoms with Crippen LogP contribution in [0.3, 0.4) is 0 Å². The van der Waals surface area contributed by atoms with Crippen LogP contribution in [0.1, 0.15) is 24.1 Å². The maximum atomic E-state index is 15.0. The number of ether oxygens (including phenoxy) is 1. The third-order valence-corrected chi connectivity index (χ3v) is 8.81. The summed E-state index contributed by atoms with van der Waals surface area (Å²) in [6, 6.07) is 11.4. The molecule has 0 aliphatic carbocycles. The molecule has 3 aliphatic rings. The van der Waals surface area contributed by atoms with E-state index in [1.54, 1.807) is 11.0 Å². The lowest BCUT2D eigenvalue weighted by Gasteiger charge is -2.41. The Labute approximate surface area is 246 Å². The molecule has 4 heterocycles. The summed E-state index contributed by atoms with van der Waals surface area (Å²) < 4.78 is 21.3. The zero-order valence-electron chi connectivity index (χ0n) is 24.0. The molecule has 0 bridgehead atoms. The van der Waals surface area contributed by atoms with Gasteiger partial charge in [-0.25, -0.2) is 11.0 Å². The second-order valence-corrected chi connectivity index (χ2v) is 11.3. The van der Waals surface area contributed by atoms with Crippen LogP contribution in [-0.2, 0) is 17.8 Å². The van der Waals surface area contributed by atoms with Gasteiger partial charge in [-0.2, -0.15) is 9.97 Å². The van der Waals surface area contributed by atoms with E-state index in [9.17, 15) is 4.79 Å². The molecule has 3 aromatic rings. The molecule has 218 valence electrons. The van der Waals surface area contributed by atoms with Crippen LogP contribution in [-0.4, -0.2) is 90.7 Å². The van der Waals surface area contributed by atoms with Crippen molar-refractivity contribution in [2.24, 2.45) is 0 Å². The predicted molar refractivity (Wildman–Crippen MR) is 161 cm³/mol. The van der Waals surface area contributed by atoms with Gasteiger partial charge in [0.05, 0.1) is 12.2 Å². The molecule has 2 saturated heterocycles. The van der Waals surface area contributed by atoms with Crippen molar-refractivity contribution in [3.63, 3.8) is 0 Å². The quantitative estimate of drug-likeness (QED) is 0.316. The SMILES string of the molecule is [C-]#[N+]C[C@H]1CN(c2nc(OC[C@@H]3CCCN3C)nc3c2CCN(c2cccc4cccc(F)c24)C3)CCN1C(=O)C=C. The summed E-state index contributed by atoms with van der Waals surface area (Å²) in [7, 11) is 2.11. The normalized spacial score (nSPS) is 20.8. The van der Waals surface area contributed by atoms with E-state index in [0.717, 1.165) is 47.5 Å². The topological polar surface area (TPSA) is 69.4 Å². The van der Waals surface area contributed by atoms with E-state index in [0.29, 0.717) is 63.2 Å². The number of nitrogens with zero attached hydrogens (tertiary/aromatic N) is 7. The zero-order valence-corrected chi connectivity index (χ0v) is 24.0. The van der Waals surface area contributed by atoms with Crippen molar-refractivity contribution in [1.29, 1.82) is 0 Å². The molecule has 2 aromatic carbocycles. The number of halogens is 1. The van der Waals surface area contributed by atoms with Crippen LogP contribution in [0.2, 0.25) is 0 Å². The average Bonchev–Trinajstić information content (AvgIpc) is 3.43. The third-order valence-electron chi connectivity index (χ3n) is 8.81. The lowest BCUT2D eigenvalue weighted by atomic mass is 10.0. The molecule has 42 heavy (non-hydrogen) atoms. The van der Waals surface area contributed by atoms with Gasteiger partial charge in [-0.15, -0.1) is 0 Å². The monoisotopic (exact) mass is 569 g/mol.